The van der Waals surface area contributed by atoms with Crippen LogP contribution in [0.15, 0.2) is 0 Å². The molecule has 2 N–H and O–H groups in total. The molecular formula is C12H24N2O. The highest BCUT2D eigenvalue weighted by molar-refractivity contribution is 5.78. The topological polar surface area (TPSA) is 41.1 Å². The predicted octanol–water partition coefficient (Wildman–Crippen LogP) is 1.68. The Balaban J connectivity index is 2.29. The molecule has 0 radical (unpaired) electrons. The van der Waals surface area contributed by atoms with Gasteiger partial charge in [-0.15, -0.1) is 0 Å². The van der Waals surface area contributed by atoms with Gasteiger partial charge in [0.15, 0.2) is 0 Å². The molecule has 1 aliphatic carbocycles. The molecule has 1 rings (SSSR count). The second-order valence-electron chi connectivity index (χ2n) is 4.54. The molecule has 1 amide bonds. The lowest BCUT2D eigenvalue weighted by Crippen LogP contribution is -2.41. The Morgan fingerprint density at radius 3 is 2.87 bits per heavy atom. The summed E-state index contributed by atoms with van der Waals surface area (Å²) in [7, 11) is 1.81. The predicted molar refractivity (Wildman–Crippen MR) is 62.7 cm³/mol. The highest BCUT2D eigenvalue weighted by Crippen LogP contribution is 2.29. The smallest absolute Gasteiger partial charge is 0.234 e. The molecule has 2 unspecified atom stereocenters. The Labute approximate surface area is 93.0 Å². The molecule has 0 spiro atoms. The van der Waals surface area contributed by atoms with Gasteiger partial charge in [-0.25, -0.2) is 0 Å². The lowest BCUT2D eigenvalue weighted by Gasteiger charge is -2.20. The Morgan fingerprint density at radius 2 is 2.20 bits per heavy atom. The monoisotopic (exact) mass is 212 g/mol. The number of amides is 1. The molecule has 0 heterocycles. The fraction of sp³-hybridized carbons (Fsp3) is 0.917. The summed E-state index contributed by atoms with van der Waals surface area (Å²) in [5, 5.41) is 6.02. The number of hydrogen-bond acceptors (Lipinski definition) is 2. The van der Waals surface area contributed by atoms with Crippen molar-refractivity contribution >= 4 is 5.91 Å². The summed E-state index contributed by atoms with van der Waals surface area (Å²) in [5.74, 6) is 0.872. The minimum absolute atomic E-state index is 0.144. The fourth-order valence-electron chi connectivity index (χ4n) is 2.46. The maximum Gasteiger partial charge on any atom is 0.234 e. The molecule has 3 heteroatoms. The van der Waals surface area contributed by atoms with Crippen LogP contribution >= 0.6 is 0 Å². The van der Waals surface area contributed by atoms with Crippen LogP contribution in [0.3, 0.4) is 0 Å². The SMILES string of the molecule is CCCCC1CCCC1NC(=O)CNC. The molecule has 0 saturated heterocycles. The number of rotatable bonds is 6. The van der Waals surface area contributed by atoms with Gasteiger partial charge in [0, 0.05) is 6.04 Å². The van der Waals surface area contributed by atoms with E-state index in [0.29, 0.717) is 12.6 Å². The van der Waals surface area contributed by atoms with Crippen molar-refractivity contribution in [2.75, 3.05) is 13.6 Å². The van der Waals surface area contributed by atoms with Crippen molar-refractivity contribution in [2.45, 2.75) is 51.5 Å². The zero-order valence-electron chi connectivity index (χ0n) is 10.0. The van der Waals surface area contributed by atoms with Crippen LogP contribution in [-0.2, 0) is 4.79 Å². The zero-order chi connectivity index (χ0) is 11.1. The number of unbranched alkanes of at least 4 members (excludes halogenated alkanes) is 1. The Kier molecular flexibility index (Phi) is 5.69. The first-order valence-corrected chi connectivity index (χ1v) is 6.22. The summed E-state index contributed by atoms with van der Waals surface area (Å²) in [6.45, 7) is 2.67. The van der Waals surface area contributed by atoms with Crippen molar-refractivity contribution in [1.29, 1.82) is 0 Å². The van der Waals surface area contributed by atoms with E-state index in [4.69, 9.17) is 0 Å². The summed E-state index contributed by atoms with van der Waals surface area (Å²) in [6.07, 6.45) is 7.57. The third kappa shape index (κ3) is 4.20. The molecule has 0 aliphatic heterocycles. The molecule has 3 nitrogen and oxygen atoms in total. The molecule has 0 aromatic heterocycles. The van der Waals surface area contributed by atoms with Crippen LogP contribution in [0.4, 0.5) is 0 Å². The zero-order valence-corrected chi connectivity index (χ0v) is 10.0. The molecule has 0 bridgehead atoms. The van der Waals surface area contributed by atoms with Crippen LogP contribution in [0, 0.1) is 5.92 Å². The quantitative estimate of drug-likeness (QED) is 0.703. The molecule has 1 aliphatic rings. The molecule has 0 aromatic rings. The van der Waals surface area contributed by atoms with Gasteiger partial charge in [-0.05, 0) is 32.2 Å². The molecule has 88 valence electrons. The van der Waals surface area contributed by atoms with Crippen LogP contribution in [0.25, 0.3) is 0 Å². The molecule has 15 heavy (non-hydrogen) atoms. The maximum absolute atomic E-state index is 11.4. The van der Waals surface area contributed by atoms with E-state index in [1.807, 2.05) is 7.05 Å². The third-order valence-electron chi connectivity index (χ3n) is 3.27. The van der Waals surface area contributed by atoms with Crippen LogP contribution in [0.1, 0.15) is 45.4 Å². The second-order valence-corrected chi connectivity index (χ2v) is 4.54. The number of hydrogen-bond donors (Lipinski definition) is 2. The minimum Gasteiger partial charge on any atom is -0.352 e. The minimum atomic E-state index is 0.144. The van der Waals surface area contributed by atoms with Crippen molar-refractivity contribution in [2.24, 2.45) is 5.92 Å². The van der Waals surface area contributed by atoms with Gasteiger partial charge < -0.3 is 10.6 Å². The van der Waals surface area contributed by atoms with Crippen LogP contribution < -0.4 is 10.6 Å². The first-order valence-electron chi connectivity index (χ1n) is 6.22. The number of carbonyl (C=O) groups is 1. The second kappa shape index (κ2) is 6.83. The van der Waals surface area contributed by atoms with E-state index in [0.717, 1.165) is 5.92 Å². The first-order chi connectivity index (χ1) is 7.27. The fourth-order valence-corrected chi connectivity index (χ4v) is 2.46. The van der Waals surface area contributed by atoms with Gasteiger partial charge in [0.05, 0.1) is 6.54 Å². The van der Waals surface area contributed by atoms with E-state index in [-0.39, 0.29) is 5.91 Å². The Hall–Kier alpha value is -0.570. The van der Waals surface area contributed by atoms with E-state index in [1.165, 1.54) is 38.5 Å². The lowest BCUT2D eigenvalue weighted by molar-refractivity contribution is -0.121. The standard InChI is InChI=1S/C12H24N2O/c1-3-4-6-10-7-5-8-11(10)14-12(15)9-13-2/h10-11,13H,3-9H2,1-2H3,(H,14,15). The average molecular weight is 212 g/mol. The van der Waals surface area contributed by atoms with Gasteiger partial charge in [-0.2, -0.15) is 0 Å². The maximum atomic E-state index is 11.4. The van der Waals surface area contributed by atoms with Crippen LogP contribution in [-0.4, -0.2) is 25.5 Å². The van der Waals surface area contributed by atoms with E-state index < -0.39 is 0 Å². The normalized spacial score (nSPS) is 25.5. The van der Waals surface area contributed by atoms with Gasteiger partial charge in [-0.1, -0.05) is 26.2 Å². The van der Waals surface area contributed by atoms with Crippen molar-refractivity contribution in [3.63, 3.8) is 0 Å². The van der Waals surface area contributed by atoms with Crippen molar-refractivity contribution < 1.29 is 4.79 Å². The van der Waals surface area contributed by atoms with Gasteiger partial charge >= 0.3 is 0 Å². The average Bonchev–Trinajstić information content (AvgIpc) is 2.63. The third-order valence-corrected chi connectivity index (χ3v) is 3.27. The number of likely N-dealkylation sites (N-methyl/N-ethyl adjacent to an activating group) is 1. The lowest BCUT2D eigenvalue weighted by atomic mass is 9.97. The van der Waals surface area contributed by atoms with Gasteiger partial charge in [0.2, 0.25) is 5.91 Å². The van der Waals surface area contributed by atoms with Gasteiger partial charge in [0.1, 0.15) is 0 Å². The Bertz CT molecular complexity index is 194. The molecule has 0 aromatic carbocycles. The molecule has 1 fully saturated rings. The van der Waals surface area contributed by atoms with Crippen molar-refractivity contribution in [1.82, 2.24) is 10.6 Å². The van der Waals surface area contributed by atoms with Gasteiger partial charge in [-0.3, -0.25) is 4.79 Å². The molecule has 2 atom stereocenters. The summed E-state index contributed by atoms with van der Waals surface area (Å²) in [4.78, 5) is 11.4. The van der Waals surface area contributed by atoms with Gasteiger partial charge in [0.25, 0.3) is 0 Å². The van der Waals surface area contributed by atoms with E-state index in [2.05, 4.69) is 17.6 Å². The highest BCUT2D eigenvalue weighted by Gasteiger charge is 2.27. The van der Waals surface area contributed by atoms with Crippen LogP contribution in [0.5, 0.6) is 0 Å². The van der Waals surface area contributed by atoms with Crippen molar-refractivity contribution in [3.8, 4) is 0 Å². The molecular weight excluding hydrogens is 188 g/mol. The number of nitrogens with one attached hydrogen (secondary N) is 2. The summed E-state index contributed by atoms with van der Waals surface area (Å²) in [6, 6.07) is 0.442. The highest BCUT2D eigenvalue weighted by atomic mass is 16.1. The van der Waals surface area contributed by atoms with E-state index >= 15 is 0 Å². The van der Waals surface area contributed by atoms with Crippen LogP contribution in [0.2, 0.25) is 0 Å². The summed E-state index contributed by atoms with van der Waals surface area (Å²) >= 11 is 0. The first kappa shape index (κ1) is 12.5. The Morgan fingerprint density at radius 1 is 1.40 bits per heavy atom. The number of carbonyl (C=O) groups excluding carboxylic acids is 1. The summed E-state index contributed by atoms with van der Waals surface area (Å²) in [5.41, 5.74) is 0. The van der Waals surface area contributed by atoms with E-state index in [1.54, 1.807) is 0 Å². The summed E-state index contributed by atoms with van der Waals surface area (Å²) < 4.78 is 0. The van der Waals surface area contributed by atoms with E-state index in [9.17, 15) is 4.79 Å². The van der Waals surface area contributed by atoms with Crippen molar-refractivity contribution in [3.05, 3.63) is 0 Å². The molecule has 1 saturated carbocycles. The largest absolute Gasteiger partial charge is 0.352 e.